The predicted molar refractivity (Wildman–Crippen MR) is 82.3 cm³/mol. The minimum absolute atomic E-state index is 0.329. The summed E-state index contributed by atoms with van der Waals surface area (Å²) in [4.78, 5) is 16.7. The van der Waals surface area contributed by atoms with Gasteiger partial charge in [0.25, 0.3) is 11.7 Å². The summed E-state index contributed by atoms with van der Waals surface area (Å²) in [6.07, 6.45) is 3.42. The molecule has 0 aliphatic rings. The number of hydrogen-bond donors (Lipinski definition) is 1. The molecule has 1 amide bonds. The summed E-state index contributed by atoms with van der Waals surface area (Å²) in [6, 6.07) is 9.79. The van der Waals surface area contributed by atoms with Gasteiger partial charge in [-0.25, -0.2) is 4.98 Å². The fraction of sp³-hybridized carbons (Fsp3) is 0.143. The number of benzene rings is 1. The van der Waals surface area contributed by atoms with Crippen LogP contribution < -0.4 is 5.32 Å². The smallest absolute Gasteiger partial charge is 0.288 e. The molecule has 1 aromatic carbocycles. The number of carbonyl (C=O) groups is 1. The van der Waals surface area contributed by atoms with E-state index in [1.165, 1.54) is 11.8 Å². The van der Waals surface area contributed by atoms with Crippen LogP contribution in [0, 0.1) is 0 Å². The molecule has 1 heterocycles. The molecule has 0 radical (unpaired) electrons. The van der Waals surface area contributed by atoms with Gasteiger partial charge in [-0.1, -0.05) is 23.9 Å². The topological polar surface area (TPSA) is 42.0 Å². The number of pyridine rings is 1. The Balaban J connectivity index is 2.24. The van der Waals surface area contributed by atoms with Crippen molar-refractivity contribution in [2.24, 2.45) is 0 Å². The first kappa shape index (κ1) is 15.8. The van der Waals surface area contributed by atoms with Gasteiger partial charge in [-0.05, 0) is 30.5 Å². The molecule has 0 saturated heterocycles. The molecule has 1 aromatic heterocycles. The zero-order valence-electron chi connectivity index (χ0n) is 11.0. The highest BCUT2D eigenvalue weighted by Crippen LogP contribution is 2.32. The number of thioether (sulfide) groups is 2. The number of hydrogen-bond acceptors (Lipinski definition) is 4. The molecule has 2 rings (SSSR count). The number of para-hydroxylation sites is 1. The third-order valence-corrected chi connectivity index (χ3v) is 4.06. The molecule has 21 heavy (non-hydrogen) atoms. The van der Waals surface area contributed by atoms with E-state index in [4.69, 9.17) is 0 Å². The minimum Gasteiger partial charge on any atom is -0.321 e. The van der Waals surface area contributed by atoms with E-state index in [0.717, 1.165) is 0 Å². The summed E-state index contributed by atoms with van der Waals surface area (Å²) in [7, 11) is 0. The van der Waals surface area contributed by atoms with Crippen LogP contribution in [0.25, 0.3) is 0 Å². The van der Waals surface area contributed by atoms with Crippen molar-refractivity contribution in [2.75, 3.05) is 11.6 Å². The van der Waals surface area contributed by atoms with Crippen LogP contribution in [0.15, 0.2) is 52.5 Å². The van der Waals surface area contributed by atoms with Crippen LogP contribution in [0.4, 0.5) is 14.5 Å². The van der Waals surface area contributed by atoms with Crippen LogP contribution in [-0.2, 0) is 0 Å². The van der Waals surface area contributed by atoms with E-state index >= 15 is 0 Å². The third-order valence-electron chi connectivity index (χ3n) is 2.56. The maximum absolute atomic E-state index is 12.5. The van der Waals surface area contributed by atoms with Crippen molar-refractivity contribution in [1.82, 2.24) is 4.98 Å². The molecule has 0 unspecified atom stereocenters. The van der Waals surface area contributed by atoms with Crippen molar-refractivity contribution in [3.8, 4) is 0 Å². The van der Waals surface area contributed by atoms with Crippen molar-refractivity contribution < 1.29 is 13.6 Å². The molecule has 2 aromatic rings. The van der Waals surface area contributed by atoms with Crippen molar-refractivity contribution in [1.29, 1.82) is 0 Å². The fourth-order valence-corrected chi connectivity index (χ4v) is 2.83. The molecule has 0 atom stereocenters. The average Bonchev–Trinajstić information content (AvgIpc) is 2.48. The lowest BCUT2D eigenvalue weighted by molar-refractivity contribution is 0.102. The normalized spacial score (nSPS) is 10.7. The zero-order valence-corrected chi connectivity index (χ0v) is 12.7. The van der Waals surface area contributed by atoms with Crippen molar-refractivity contribution in [2.45, 2.75) is 15.7 Å². The van der Waals surface area contributed by atoms with Crippen LogP contribution in [0.1, 0.15) is 10.4 Å². The quantitative estimate of drug-likeness (QED) is 0.829. The Morgan fingerprint density at radius 2 is 2.00 bits per heavy atom. The number of amides is 1. The summed E-state index contributed by atoms with van der Waals surface area (Å²) in [6.45, 7) is 0. The second-order valence-electron chi connectivity index (χ2n) is 3.89. The average molecular weight is 326 g/mol. The largest absolute Gasteiger partial charge is 0.321 e. The standard InChI is InChI=1S/C14H12F2N2OS2/c1-20-13-9(5-4-8-17-13)12(19)18-10-6-2-3-7-11(10)21-14(15)16/h2-8,14H,1H3,(H,18,19). The lowest BCUT2D eigenvalue weighted by Gasteiger charge is -2.11. The number of nitrogens with one attached hydrogen (secondary N) is 1. The first-order chi connectivity index (χ1) is 10.1. The number of nitrogens with zero attached hydrogens (tertiary/aromatic N) is 1. The maximum Gasteiger partial charge on any atom is 0.288 e. The van der Waals surface area contributed by atoms with E-state index in [1.54, 1.807) is 42.6 Å². The van der Waals surface area contributed by atoms with Crippen LogP contribution in [0.3, 0.4) is 0 Å². The number of rotatable bonds is 5. The Morgan fingerprint density at radius 3 is 2.71 bits per heavy atom. The van der Waals surface area contributed by atoms with Crippen LogP contribution in [-0.4, -0.2) is 22.9 Å². The first-order valence-corrected chi connectivity index (χ1v) is 8.06. The highest BCUT2D eigenvalue weighted by molar-refractivity contribution is 7.99. The van der Waals surface area contributed by atoms with Crippen LogP contribution in [0.5, 0.6) is 0 Å². The van der Waals surface area contributed by atoms with Gasteiger partial charge >= 0.3 is 0 Å². The Hall–Kier alpha value is -1.60. The fourth-order valence-electron chi connectivity index (χ4n) is 1.68. The number of aromatic nitrogens is 1. The summed E-state index contributed by atoms with van der Waals surface area (Å²) in [5.41, 5.74) is 0.783. The minimum atomic E-state index is -2.54. The van der Waals surface area contributed by atoms with E-state index in [-0.39, 0.29) is 5.91 Å². The molecule has 0 aliphatic carbocycles. The van der Waals surface area contributed by atoms with Crippen molar-refractivity contribution >= 4 is 35.1 Å². The second kappa shape index (κ2) is 7.42. The molecule has 0 aliphatic heterocycles. The highest BCUT2D eigenvalue weighted by atomic mass is 32.2. The molecule has 3 nitrogen and oxygen atoms in total. The molecule has 1 N–H and O–H groups in total. The second-order valence-corrected chi connectivity index (χ2v) is 5.72. The van der Waals surface area contributed by atoms with Gasteiger partial charge in [0.1, 0.15) is 5.03 Å². The number of halogens is 2. The van der Waals surface area contributed by atoms with Gasteiger partial charge < -0.3 is 5.32 Å². The van der Waals surface area contributed by atoms with Gasteiger partial charge in [-0.3, -0.25) is 4.79 Å². The zero-order chi connectivity index (χ0) is 15.2. The van der Waals surface area contributed by atoms with Gasteiger partial charge in [0.2, 0.25) is 0 Å². The monoisotopic (exact) mass is 326 g/mol. The molecule has 0 saturated carbocycles. The third kappa shape index (κ3) is 4.18. The molecule has 110 valence electrons. The molecular weight excluding hydrogens is 314 g/mol. The van der Waals surface area contributed by atoms with E-state index in [9.17, 15) is 13.6 Å². The summed E-state index contributed by atoms with van der Waals surface area (Å²) in [5, 5.41) is 3.25. The van der Waals surface area contributed by atoms with Crippen LogP contribution in [0.2, 0.25) is 0 Å². The molecular formula is C14H12F2N2OS2. The van der Waals surface area contributed by atoms with Crippen molar-refractivity contribution in [3.63, 3.8) is 0 Å². The lowest BCUT2D eigenvalue weighted by atomic mass is 10.2. The predicted octanol–water partition coefficient (Wildman–Crippen LogP) is 4.37. The number of carbonyl (C=O) groups excluding carboxylic acids is 1. The maximum atomic E-state index is 12.5. The van der Waals surface area contributed by atoms with Gasteiger partial charge in [-0.2, -0.15) is 8.78 Å². The molecule has 0 spiro atoms. The molecule has 0 bridgehead atoms. The van der Waals surface area contributed by atoms with Gasteiger partial charge in [0.05, 0.1) is 11.3 Å². The van der Waals surface area contributed by atoms with E-state index in [2.05, 4.69) is 10.3 Å². The number of alkyl halides is 2. The number of anilines is 1. The molecule has 7 heteroatoms. The summed E-state index contributed by atoms with van der Waals surface area (Å²) in [5.74, 6) is -2.90. The Bertz CT molecular complexity index is 638. The first-order valence-electron chi connectivity index (χ1n) is 5.96. The Labute approximate surface area is 129 Å². The summed E-state index contributed by atoms with van der Waals surface area (Å²) >= 11 is 1.76. The van der Waals surface area contributed by atoms with Gasteiger partial charge in [0, 0.05) is 11.1 Å². The van der Waals surface area contributed by atoms with E-state index in [0.29, 0.717) is 32.9 Å². The lowest BCUT2D eigenvalue weighted by Crippen LogP contribution is -2.14. The highest BCUT2D eigenvalue weighted by Gasteiger charge is 2.15. The van der Waals surface area contributed by atoms with E-state index < -0.39 is 5.76 Å². The Morgan fingerprint density at radius 1 is 1.24 bits per heavy atom. The van der Waals surface area contributed by atoms with Gasteiger partial charge in [-0.15, -0.1) is 11.8 Å². The Kier molecular flexibility index (Phi) is 5.58. The SMILES string of the molecule is CSc1ncccc1C(=O)Nc1ccccc1SC(F)F. The van der Waals surface area contributed by atoms with Gasteiger partial charge in [0.15, 0.2) is 0 Å². The molecule has 0 fully saturated rings. The van der Waals surface area contributed by atoms with E-state index in [1.807, 2.05) is 6.26 Å². The van der Waals surface area contributed by atoms with Crippen LogP contribution >= 0.6 is 23.5 Å². The summed E-state index contributed by atoms with van der Waals surface area (Å²) < 4.78 is 25.0. The van der Waals surface area contributed by atoms with Crippen molar-refractivity contribution in [3.05, 3.63) is 48.2 Å².